The highest BCUT2D eigenvalue weighted by Gasteiger charge is 2.69. The molecule has 9 heteroatoms. The van der Waals surface area contributed by atoms with E-state index in [0.29, 0.717) is 33.3 Å². The van der Waals surface area contributed by atoms with Gasteiger partial charge >= 0.3 is 0 Å². The number of amides is 2. The first kappa shape index (κ1) is 20.1. The van der Waals surface area contributed by atoms with Crippen LogP contribution in [0.15, 0.2) is 36.4 Å². The normalized spacial score (nSPS) is 30.8. The molecule has 3 N–H and O–H groups in total. The van der Waals surface area contributed by atoms with Gasteiger partial charge in [0.1, 0.15) is 12.6 Å². The fraction of sp³-hybridized carbons (Fsp3) is 0.364. The molecule has 3 aliphatic rings. The molecule has 2 unspecified atom stereocenters. The molecule has 1 fully saturated rings. The number of carbonyl (C=O) groups is 2. The molecule has 0 bridgehead atoms. The molecule has 0 spiro atoms. The van der Waals surface area contributed by atoms with Gasteiger partial charge in [0, 0.05) is 13.5 Å². The van der Waals surface area contributed by atoms with E-state index in [9.17, 15) is 14.7 Å². The summed E-state index contributed by atoms with van der Waals surface area (Å²) in [5.74, 6) is 0.385. The zero-order valence-corrected chi connectivity index (χ0v) is 17.9. The summed E-state index contributed by atoms with van der Waals surface area (Å²) in [5.41, 5.74) is 0.264. The summed E-state index contributed by atoms with van der Waals surface area (Å²) in [7, 11) is 3.38. The van der Waals surface area contributed by atoms with Gasteiger partial charge in [0.15, 0.2) is 17.5 Å². The van der Waals surface area contributed by atoms with Gasteiger partial charge in [-0.15, -0.1) is 0 Å². The van der Waals surface area contributed by atoms with Gasteiger partial charge in [-0.25, -0.2) is 0 Å². The minimum absolute atomic E-state index is 0.0324. The number of carbonyl (C=O) groups excluding carboxylic acids is 2. The SMILES string of the molecule is CNC(=O)[C@@H]1C[C@@H](O)C[N+]1(C)C1(c2cccc3c2OCO3)C(=O)Nc2cccc(Cl)c21. The van der Waals surface area contributed by atoms with E-state index in [2.05, 4.69) is 10.6 Å². The Morgan fingerprint density at radius 1 is 1.29 bits per heavy atom. The maximum absolute atomic E-state index is 14.0. The number of aliphatic hydroxyl groups excluding tert-OH is 1. The second kappa shape index (κ2) is 6.85. The number of quaternary nitrogens is 1. The molecule has 0 saturated carbocycles. The van der Waals surface area contributed by atoms with Gasteiger partial charge in [0.2, 0.25) is 12.3 Å². The monoisotopic (exact) mass is 444 g/mol. The second-order valence-electron chi connectivity index (χ2n) is 8.34. The fourth-order valence-corrected chi connectivity index (χ4v) is 5.90. The molecule has 4 atom stereocenters. The van der Waals surface area contributed by atoms with Crippen LogP contribution in [0.5, 0.6) is 11.5 Å². The molecule has 162 valence electrons. The fourth-order valence-electron chi connectivity index (χ4n) is 5.59. The third kappa shape index (κ3) is 2.49. The maximum atomic E-state index is 14.0. The Hall–Kier alpha value is -2.81. The first-order chi connectivity index (χ1) is 14.8. The van der Waals surface area contributed by atoms with Crippen LogP contribution >= 0.6 is 11.6 Å². The number of likely N-dealkylation sites (N-methyl/N-ethyl adjacent to an activating group) is 2. The molecule has 0 aromatic heterocycles. The number of hydrogen-bond donors (Lipinski definition) is 3. The van der Waals surface area contributed by atoms with E-state index in [4.69, 9.17) is 21.1 Å². The maximum Gasteiger partial charge on any atom is 0.296 e. The summed E-state index contributed by atoms with van der Waals surface area (Å²) < 4.78 is 11.3. The van der Waals surface area contributed by atoms with Crippen LogP contribution in [0.4, 0.5) is 5.69 Å². The summed E-state index contributed by atoms with van der Waals surface area (Å²) in [6.45, 7) is 0.214. The van der Waals surface area contributed by atoms with Crippen molar-refractivity contribution in [3.63, 3.8) is 0 Å². The number of fused-ring (bicyclic) bond motifs is 2. The average molecular weight is 445 g/mol. The largest absolute Gasteiger partial charge is 0.454 e. The van der Waals surface area contributed by atoms with Crippen molar-refractivity contribution in [1.29, 1.82) is 0 Å². The summed E-state index contributed by atoms with van der Waals surface area (Å²) in [4.78, 5) is 27.0. The van der Waals surface area contributed by atoms with Crippen molar-refractivity contribution >= 4 is 29.1 Å². The van der Waals surface area contributed by atoms with Gasteiger partial charge in [-0.3, -0.25) is 14.1 Å². The first-order valence-electron chi connectivity index (χ1n) is 10.1. The highest BCUT2D eigenvalue weighted by Crippen LogP contribution is 2.57. The highest BCUT2D eigenvalue weighted by molar-refractivity contribution is 6.33. The second-order valence-corrected chi connectivity index (χ2v) is 8.74. The van der Waals surface area contributed by atoms with E-state index in [0.717, 1.165) is 0 Å². The molecular formula is C22H23ClN3O5+. The van der Waals surface area contributed by atoms with Gasteiger partial charge in [0.05, 0.1) is 28.9 Å². The molecule has 0 aliphatic carbocycles. The lowest BCUT2D eigenvalue weighted by Gasteiger charge is -2.48. The minimum atomic E-state index is -1.43. The van der Waals surface area contributed by atoms with Crippen molar-refractivity contribution in [2.75, 3.05) is 32.7 Å². The van der Waals surface area contributed by atoms with E-state index in [-0.39, 0.29) is 36.1 Å². The average Bonchev–Trinajstić information content (AvgIpc) is 3.42. The molecular weight excluding hydrogens is 422 g/mol. The molecule has 2 aromatic carbocycles. The number of nitrogens with zero attached hydrogens (tertiary/aromatic N) is 1. The van der Waals surface area contributed by atoms with Crippen molar-refractivity contribution in [3.8, 4) is 11.5 Å². The molecule has 2 aromatic rings. The number of halogens is 1. The molecule has 3 heterocycles. The van der Waals surface area contributed by atoms with E-state index >= 15 is 0 Å². The van der Waals surface area contributed by atoms with Crippen molar-refractivity contribution < 1.29 is 28.7 Å². The predicted molar refractivity (Wildman–Crippen MR) is 113 cm³/mol. The molecule has 0 radical (unpaired) electrons. The molecule has 3 aliphatic heterocycles. The van der Waals surface area contributed by atoms with E-state index in [1.54, 1.807) is 43.4 Å². The third-order valence-corrected chi connectivity index (χ3v) is 7.14. The summed E-state index contributed by atoms with van der Waals surface area (Å²) in [6.07, 6.45) is -0.547. The van der Waals surface area contributed by atoms with Gasteiger partial charge in [-0.05, 0) is 24.3 Å². The number of hydrogen-bond acceptors (Lipinski definition) is 5. The van der Waals surface area contributed by atoms with Crippen molar-refractivity contribution in [2.24, 2.45) is 0 Å². The molecule has 1 saturated heterocycles. The number of anilines is 1. The van der Waals surface area contributed by atoms with Crippen LogP contribution in [0.3, 0.4) is 0 Å². The lowest BCUT2D eigenvalue weighted by molar-refractivity contribution is -0.953. The Bertz CT molecular complexity index is 1110. The Balaban J connectivity index is 1.89. The van der Waals surface area contributed by atoms with Gasteiger partial charge in [-0.2, -0.15) is 0 Å². The van der Waals surface area contributed by atoms with Crippen molar-refractivity contribution in [2.45, 2.75) is 24.1 Å². The smallest absolute Gasteiger partial charge is 0.296 e. The van der Waals surface area contributed by atoms with Gasteiger partial charge < -0.3 is 25.2 Å². The Morgan fingerprint density at radius 2 is 2.06 bits per heavy atom. The van der Waals surface area contributed by atoms with Gasteiger partial charge in [0.25, 0.3) is 11.8 Å². The number of ether oxygens (including phenoxy) is 2. The summed E-state index contributed by atoms with van der Waals surface area (Å²) in [6, 6.07) is 9.96. The topological polar surface area (TPSA) is 96.9 Å². The molecule has 31 heavy (non-hydrogen) atoms. The number of para-hydroxylation sites is 1. The van der Waals surface area contributed by atoms with E-state index in [1.165, 1.54) is 0 Å². The molecule has 5 rings (SSSR count). The van der Waals surface area contributed by atoms with Crippen LogP contribution < -0.4 is 20.1 Å². The number of rotatable bonds is 3. The predicted octanol–water partition coefficient (Wildman–Crippen LogP) is 1.59. The van der Waals surface area contributed by atoms with Crippen LogP contribution in [-0.4, -0.2) is 61.0 Å². The lowest BCUT2D eigenvalue weighted by atomic mass is 9.78. The number of benzene rings is 2. The zero-order chi connectivity index (χ0) is 22.0. The number of likely N-dealkylation sites (tertiary alicyclic amines) is 1. The van der Waals surface area contributed by atoms with Crippen LogP contribution in [0.2, 0.25) is 5.02 Å². The van der Waals surface area contributed by atoms with Crippen LogP contribution in [-0.2, 0) is 15.1 Å². The van der Waals surface area contributed by atoms with Crippen molar-refractivity contribution in [3.05, 3.63) is 52.5 Å². The van der Waals surface area contributed by atoms with Crippen LogP contribution in [0, 0.1) is 0 Å². The lowest BCUT2D eigenvalue weighted by Crippen LogP contribution is -2.68. The van der Waals surface area contributed by atoms with E-state index < -0.39 is 17.7 Å². The quantitative estimate of drug-likeness (QED) is 0.625. The van der Waals surface area contributed by atoms with Crippen LogP contribution in [0.25, 0.3) is 0 Å². The van der Waals surface area contributed by atoms with E-state index in [1.807, 2.05) is 7.05 Å². The Kier molecular flexibility index (Phi) is 4.44. The zero-order valence-electron chi connectivity index (χ0n) is 17.1. The minimum Gasteiger partial charge on any atom is -0.454 e. The Labute approximate surface area is 184 Å². The molecule has 8 nitrogen and oxygen atoms in total. The van der Waals surface area contributed by atoms with Gasteiger partial charge in [-0.1, -0.05) is 23.7 Å². The van der Waals surface area contributed by atoms with Crippen LogP contribution in [0.1, 0.15) is 17.5 Å². The Morgan fingerprint density at radius 3 is 2.84 bits per heavy atom. The van der Waals surface area contributed by atoms with Crippen molar-refractivity contribution in [1.82, 2.24) is 5.32 Å². The summed E-state index contributed by atoms with van der Waals surface area (Å²) in [5, 5.41) is 16.7. The number of aliphatic hydroxyl groups is 1. The number of nitrogens with one attached hydrogen (secondary N) is 2. The molecule has 2 amide bonds. The standard InChI is InChI=1S/C22H22ClN3O5/c1-24-20(28)16-9-12(27)10-26(16,2)22(13-5-3-8-17-19(13)31-11-30-17)18-14(23)6-4-7-15(18)25-21(22)29/h3-8,12,16,27H,9-11H2,1-2H3,(H-,24,25,28,29)/p+1/t12-,16+,22?,26?/m1/s1. The first-order valence-corrected chi connectivity index (χ1v) is 10.5. The summed E-state index contributed by atoms with van der Waals surface area (Å²) >= 11 is 6.72. The third-order valence-electron chi connectivity index (χ3n) is 6.83. The highest BCUT2D eigenvalue weighted by atomic mass is 35.5.